The van der Waals surface area contributed by atoms with Crippen molar-refractivity contribution < 1.29 is 9.53 Å². The topological polar surface area (TPSA) is 52.3 Å². The Morgan fingerprint density at radius 1 is 1.05 bits per heavy atom. The Hall–Kier alpha value is -2.55. The van der Waals surface area contributed by atoms with Gasteiger partial charge in [0.25, 0.3) is 0 Å². The number of esters is 1. The van der Waals surface area contributed by atoms with Gasteiger partial charge in [0.15, 0.2) is 0 Å². The molecule has 2 rings (SSSR count). The fourth-order valence-electron chi connectivity index (χ4n) is 1.63. The minimum absolute atomic E-state index is 0.224. The van der Waals surface area contributed by atoms with E-state index in [2.05, 4.69) is 0 Å². The van der Waals surface area contributed by atoms with Gasteiger partial charge in [0.2, 0.25) is 0 Å². The predicted molar refractivity (Wildman–Crippen MR) is 76.6 cm³/mol. The van der Waals surface area contributed by atoms with Crippen LogP contribution in [0.1, 0.15) is 15.9 Å². The van der Waals surface area contributed by atoms with Crippen LogP contribution in [0.15, 0.2) is 60.7 Å². The van der Waals surface area contributed by atoms with Crippen molar-refractivity contribution in [1.82, 2.24) is 0 Å². The average Bonchev–Trinajstić information content (AvgIpc) is 2.45. The van der Waals surface area contributed by atoms with Gasteiger partial charge in [0.1, 0.15) is 6.61 Å². The van der Waals surface area contributed by atoms with Crippen LogP contribution in [-0.4, -0.2) is 12.6 Å². The number of nitrogens with two attached hydrogens (primary N) is 1. The van der Waals surface area contributed by atoms with E-state index >= 15 is 0 Å². The molecule has 0 aliphatic heterocycles. The molecule has 0 saturated carbocycles. The second-order valence-corrected chi connectivity index (χ2v) is 4.00. The highest BCUT2D eigenvalue weighted by molar-refractivity contribution is 5.95. The monoisotopic (exact) mass is 253 g/mol. The van der Waals surface area contributed by atoms with E-state index < -0.39 is 5.97 Å². The van der Waals surface area contributed by atoms with Crippen LogP contribution in [0.25, 0.3) is 6.08 Å². The predicted octanol–water partition coefficient (Wildman–Crippen LogP) is 3.14. The summed E-state index contributed by atoms with van der Waals surface area (Å²) in [5.41, 5.74) is 7.59. The quantitative estimate of drug-likeness (QED) is 0.672. The Kier molecular flexibility index (Phi) is 4.34. The third-order valence-electron chi connectivity index (χ3n) is 2.60. The lowest BCUT2D eigenvalue weighted by Gasteiger charge is -2.04. The first kappa shape index (κ1) is 12.9. The SMILES string of the molecule is Nc1ccccc1C(=O)OC/C=C/c1ccccc1. The highest BCUT2D eigenvalue weighted by Crippen LogP contribution is 2.11. The maximum absolute atomic E-state index is 11.7. The van der Waals surface area contributed by atoms with Gasteiger partial charge in [-0.25, -0.2) is 4.79 Å². The van der Waals surface area contributed by atoms with Gasteiger partial charge in [-0.3, -0.25) is 0 Å². The molecule has 3 heteroatoms. The largest absolute Gasteiger partial charge is 0.458 e. The first-order valence-electron chi connectivity index (χ1n) is 6.00. The van der Waals surface area contributed by atoms with Crippen LogP contribution in [-0.2, 0) is 4.74 Å². The molecule has 0 aromatic heterocycles. The molecular formula is C16H15NO2. The Labute approximate surface area is 112 Å². The van der Waals surface area contributed by atoms with E-state index in [1.165, 1.54) is 0 Å². The van der Waals surface area contributed by atoms with Crippen molar-refractivity contribution in [2.24, 2.45) is 0 Å². The molecule has 0 aliphatic carbocycles. The van der Waals surface area contributed by atoms with Crippen LogP contribution >= 0.6 is 0 Å². The molecule has 0 unspecified atom stereocenters. The summed E-state index contributed by atoms with van der Waals surface area (Å²) >= 11 is 0. The molecule has 96 valence electrons. The number of anilines is 1. The molecule has 0 aliphatic rings. The number of para-hydroxylation sites is 1. The summed E-state index contributed by atoms with van der Waals surface area (Å²) in [6.45, 7) is 0.224. The van der Waals surface area contributed by atoms with Crippen molar-refractivity contribution in [1.29, 1.82) is 0 Å². The first-order chi connectivity index (χ1) is 9.27. The Morgan fingerprint density at radius 2 is 1.74 bits per heavy atom. The zero-order chi connectivity index (χ0) is 13.5. The fraction of sp³-hybridized carbons (Fsp3) is 0.0625. The molecule has 2 aromatic carbocycles. The van der Waals surface area contributed by atoms with Crippen molar-refractivity contribution in [2.75, 3.05) is 12.3 Å². The molecule has 0 heterocycles. The average molecular weight is 253 g/mol. The molecule has 0 bridgehead atoms. The van der Waals surface area contributed by atoms with Crippen molar-refractivity contribution in [3.05, 3.63) is 71.8 Å². The van der Waals surface area contributed by atoms with E-state index in [-0.39, 0.29) is 6.61 Å². The van der Waals surface area contributed by atoms with Crippen LogP contribution in [0.4, 0.5) is 5.69 Å². The molecule has 0 radical (unpaired) electrons. The second kappa shape index (κ2) is 6.40. The lowest BCUT2D eigenvalue weighted by molar-refractivity contribution is 0.0551. The smallest absolute Gasteiger partial charge is 0.340 e. The summed E-state index contributed by atoms with van der Waals surface area (Å²) in [5, 5.41) is 0. The van der Waals surface area contributed by atoms with Crippen LogP contribution < -0.4 is 5.73 Å². The van der Waals surface area contributed by atoms with E-state index in [0.717, 1.165) is 5.56 Å². The Bertz CT molecular complexity index is 576. The molecule has 0 fully saturated rings. The number of rotatable bonds is 4. The molecule has 19 heavy (non-hydrogen) atoms. The number of hydrogen-bond acceptors (Lipinski definition) is 3. The van der Waals surface area contributed by atoms with Crippen LogP contribution in [0.3, 0.4) is 0 Å². The maximum Gasteiger partial charge on any atom is 0.340 e. The van der Waals surface area contributed by atoms with Crippen LogP contribution in [0.2, 0.25) is 0 Å². The summed E-state index contributed by atoms with van der Waals surface area (Å²) in [5.74, 6) is -0.407. The molecule has 2 N–H and O–H groups in total. The molecule has 0 spiro atoms. The summed E-state index contributed by atoms with van der Waals surface area (Å²) in [6, 6.07) is 16.7. The first-order valence-corrected chi connectivity index (χ1v) is 6.00. The van der Waals surface area contributed by atoms with E-state index in [1.807, 2.05) is 36.4 Å². The minimum Gasteiger partial charge on any atom is -0.458 e. The lowest BCUT2D eigenvalue weighted by atomic mass is 10.2. The third kappa shape index (κ3) is 3.71. The number of ether oxygens (including phenoxy) is 1. The number of benzene rings is 2. The second-order valence-electron chi connectivity index (χ2n) is 4.00. The molecule has 2 aromatic rings. The normalized spacial score (nSPS) is 10.5. The van der Waals surface area contributed by atoms with Gasteiger partial charge in [-0.2, -0.15) is 0 Å². The molecule has 3 nitrogen and oxygen atoms in total. The minimum atomic E-state index is -0.407. The Morgan fingerprint density at radius 3 is 2.47 bits per heavy atom. The van der Waals surface area contributed by atoms with E-state index in [4.69, 9.17) is 10.5 Å². The summed E-state index contributed by atoms with van der Waals surface area (Å²) < 4.78 is 5.12. The standard InChI is InChI=1S/C16H15NO2/c17-15-11-5-4-10-14(15)16(18)19-12-6-9-13-7-2-1-3-8-13/h1-11H,12,17H2/b9-6+. The highest BCUT2D eigenvalue weighted by atomic mass is 16.5. The van der Waals surface area contributed by atoms with Gasteiger partial charge in [-0.05, 0) is 23.8 Å². The number of hydrogen-bond donors (Lipinski definition) is 1. The van der Waals surface area contributed by atoms with Crippen molar-refractivity contribution in [3.63, 3.8) is 0 Å². The third-order valence-corrected chi connectivity index (χ3v) is 2.60. The summed E-state index contributed by atoms with van der Waals surface area (Å²) in [7, 11) is 0. The summed E-state index contributed by atoms with van der Waals surface area (Å²) in [4.78, 5) is 11.7. The van der Waals surface area contributed by atoms with Gasteiger partial charge in [-0.1, -0.05) is 48.5 Å². The van der Waals surface area contributed by atoms with Crippen molar-refractivity contribution >= 4 is 17.7 Å². The lowest BCUT2D eigenvalue weighted by Crippen LogP contribution is -2.07. The van der Waals surface area contributed by atoms with Crippen LogP contribution in [0, 0.1) is 0 Å². The van der Waals surface area contributed by atoms with Gasteiger partial charge in [0.05, 0.1) is 5.56 Å². The van der Waals surface area contributed by atoms with E-state index in [9.17, 15) is 4.79 Å². The fourth-order valence-corrected chi connectivity index (χ4v) is 1.63. The van der Waals surface area contributed by atoms with Gasteiger partial charge in [-0.15, -0.1) is 0 Å². The van der Waals surface area contributed by atoms with Gasteiger partial charge in [0, 0.05) is 5.69 Å². The zero-order valence-corrected chi connectivity index (χ0v) is 10.5. The van der Waals surface area contributed by atoms with Crippen molar-refractivity contribution in [3.8, 4) is 0 Å². The zero-order valence-electron chi connectivity index (χ0n) is 10.5. The highest BCUT2D eigenvalue weighted by Gasteiger charge is 2.08. The number of nitrogen functional groups attached to an aromatic ring is 1. The Balaban J connectivity index is 1.88. The molecule has 0 atom stereocenters. The number of carbonyl (C=O) groups is 1. The summed E-state index contributed by atoms with van der Waals surface area (Å²) in [6.07, 6.45) is 3.70. The maximum atomic E-state index is 11.7. The number of carbonyl (C=O) groups excluding carboxylic acids is 1. The van der Waals surface area contributed by atoms with Crippen LogP contribution in [0.5, 0.6) is 0 Å². The molecular weight excluding hydrogens is 238 g/mol. The van der Waals surface area contributed by atoms with E-state index in [1.54, 1.807) is 30.3 Å². The van der Waals surface area contributed by atoms with Crippen molar-refractivity contribution in [2.45, 2.75) is 0 Å². The van der Waals surface area contributed by atoms with Gasteiger partial charge < -0.3 is 10.5 Å². The van der Waals surface area contributed by atoms with Gasteiger partial charge >= 0.3 is 5.97 Å². The molecule has 0 amide bonds. The molecule has 0 saturated heterocycles. The van der Waals surface area contributed by atoms with E-state index in [0.29, 0.717) is 11.3 Å².